The number of allylic oxidation sites excluding steroid dienone is 1. The fourth-order valence-corrected chi connectivity index (χ4v) is 3.75. The molecule has 0 saturated heterocycles. The molecule has 0 radical (unpaired) electrons. The van der Waals surface area contributed by atoms with Crippen molar-refractivity contribution in [2.75, 3.05) is 11.9 Å². The minimum atomic E-state index is 0.260. The van der Waals surface area contributed by atoms with E-state index in [0.29, 0.717) is 5.92 Å². The molecule has 0 unspecified atom stereocenters. The maximum Gasteiger partial charge on any atom is 0.0716 e. The van der Waals surface area contributed by atoms with Crippen molar-refractivity contribution < 1.29 is 4.74 Å². The lowest BCUT2D eigenvalue weighted by molar-refractivity contribution is 0.0959. The minimum absolute atomic E-state index is 0.260. The fourth-order valence-electron chi connectivity index (χ4n) is 2.90. The van der Waals surface area contributed by atoms with Crippen molar-refractivity contribution in [2.24, 2.45) is 11.3 Å². The number of halogens is 1. The third-order valence-electron chi connectivity index (χ3n) is 4.50. The molecule has 1 aromatic rings. The van der Waals surface area contributed by atoms with E-state index in [0.717, 1.165) is 25.0 Å². The van der Waals surface area contributed by atoms with Crippen LogP contribution in [-0.2, 0) is 11.3 Å². The second-order valence-electron chi connectivity index (χ2n) is 5.72. The number of rotatable bonds is 6. The van der Waals surface area contributed by atoms with Crippen LogP contribution in [0.5, 0.6) is 0 Å². The van der Waals surface area contributed by atoms with Gasteiger partial charge in [-0.3, -0.25) is 0 Å². The zero-order chi connectivity index (χ0) is 13.7. The number of hydrogen-bond donors (Lipinski definition) is 0. The molecule has 0 aromatic heterocycles. The van der Waals surface area contributed by atoms with Gasteiger partial charge in [0.15, 0.2) is 0 Å². The molecule has 2 rings (SSSR count). The Morgan fingerprint density at radius 2 is 2.11 bits per heavy atom. The highest BCUT2D eigenvalue weighted by molar-refractivity contribution is 9.09. The lowest BCUT2D eigenvalue weighted by Crippen LogP contribution is -2.26. The standard InChI is InChI=1S/C17H23BrO/c1-14-8-9-16(17(14,2)13-18)10-11-19-12-15-6-4-3-5-7-15/h3-7,16H,1,8-13H2,2H3/t16-,17+/m1/s1. The van der Waals surface area contributed by atoms with Gasteiger partial charge in [0.2, 0.25) is 0 Å². The Morgan fingerprint density at radius 1 is 1.37 bits per heavy atom. The van der Waals surface area contributed by atoms with E-state index in [2.05, 4.69) is 53.7 Å². The van der Waals surface area contributed by atoms with Gasteiger partial charge in [-0.05, 0) is 30.7 Å². The predicted octanol–water partition coefficient (Wildman–Crippen LogP) is 4.96. The van der Waals surface area contributed by atoms with E-state index < -0.39 is 0 Å². The monoisotopic (exact) mass is 322 g/mol. The second kappa shape index (κ2) is 6.71. The fraction of sp³-hybridized carbons (Fsp3) is 0.529. The van der Waals surface area contributed by atoms with Crippen LogP contribution in [-0.4, -0.2) is 11.9 Å². The summed E-state index contributed by atoms with van der Waals surface area (Å²) in [6.07, 6.45) is 3.56. The zero-order valence-electron chi connectivity index (χ0n) is 11.7. The van der Waals surface area contributed by atoms with E-state index in [-0.39, 0.29) is 5.41 Å². The molecule has 0 amide bonds. The quantitative estimate of drug-likeness (QED) is 0.408. The molecule has 0 aliphatic heterocycles. The van der Waals surface area contributed by atoms with E-state index in [1.54, 1.807) is 0 Å². The van der Waals surface area contributed by atoms with E-state index in [1.807, 2.05) is 6.07 Å². The zero-order valence-corrected chi connectivity index (χ0v) is 13.3. The van der Waals surface area contributed by atoms with Crippen molar-refractivity contribution in [1.82, 2.24) is 0 Å². The van der Waals surface area contributed by atoms with Gasteiger partial charge in [0.25, 0.3) is 0 Å². The van der Waals surface area contributed by atoms with Gasteiger partial charge in [0.1, 0.15) is 0 Å². The van der Waals surface area contributed by atoms with Gasteiger partial charge >= 0.3 is 0 Å². The second-order valence-corrected chi connectivity index (χ2v) is 6.28. The first-order chi connectivity index (χ1) is 9.16. The molecule has 2 heteroatoms. The van der Waals surface area contributed by atoms with Crippen molar-refractivity contribution in [2.45, 2.75) is 32.8 Å². The molecule has 104 valence electrons. The van der Waals surface area contributed by atoms with Crippen LogP contribution in [0.15, 0.2) is 42.5 Å². The number of benzene rings is 1. The molecule has 1 aromatic carbocycles. The van der Waals surface area contributed by atoms with Crippen LogP contribution in [0.1, 0.15) is 31.7 Å². The van der Waals surface area contributed by atoms with E-state index >= 15 is 0 Å². The van der Waals surface area contributed by atoms with Crippen LogP contribution in [0.25, 0.3) is 0 Å². The van der Waals surface area contributed by atoms with Gasteiger partial charge in [-0.2, -0.15) is 0 Å². The van der Waals surface area contributed by atoms with E-state index in [4.69, 9.17) is 4.74 Å². The Bertz CT molecular complexity index is 415. The molecule has 1 nitrogen and oxygen atoms in total. The van der Waals surface area contributed by atoms with Crippen molar-refractivity contribution >= 4 is 15.9 Å². The Hall–Kier alpha value is -0.600. The van der Waals surface area contributed by atoms with Crippen LogP contribution in [0.3, 0.4) is 0 Å². The molecule has 1 fully saturated rings. The first kappa shape index (κ1) is 14.8. The summed E-state index contributed by atoms with van der Waals surface area (Å²) in [5.41, 5.74) is 2.91. The SMILES string of the molecule is C=C1CC[C@H](CCOCc2ccccc2)[C@@]1(C)CBr. The maximum atomic E-state index is 5.81. The molecular formula is C17H23BrO. The average Bonchev–Trinajstić information content (AvgIpc) is 2.73. The lowest BCUT2D eigenvalue weighted by Gasteiger charge is -2.30. The summed E-state index contributed by atoms with van der Waals surface area (Å²) < 4.78 is 5.81. The van der Waals surface area contributed by atoms with Crippen LogP contribution >= 0.6 is 15.9 Å². The van der Waals surface area contributed by atoms with Gasteiger partial charge in [0, 0.05) is 17.4 Å². The summed E-state index contributed by atoms with van der Waals surface area (Å²) in [6.45, 7) is 8.13. The largest absolute Gasteiger partial charge is 0.377 e. The smallest absolute Gasteiger partial charge is 0.0716 e. The Morgan fingerprint density at radius 3 is 2.79 bits per heavy atom. The van der Waals surface area contributed by atoms with E-state index in [1.165, 1.54) is 24.0 Å². The van der Waals surface area contributed by atoms with Gasteiger partial charge in [-0.1, -0.05) is 65.3 Å². The van der Waals surface area contributed by atoms with Crippen LogP contribution < -0.4 is 0 Å². The summed E-state index contributed by atoms with van der Waals surface area (Å²) >= 11 is 3.66. The lowest BCUT2D eigenvalue weighted by atomic mass is 9.78. The maximum absolute atomic E-state index is 5.81. The van der Waals surface area contributed by atoms with E-state index in [9.17, 15) is 0 Å². The van der Waals surface area contributed by atoms with Gasteiger partial charge < -0.3 is 4.74 Å². The average molecular weight is 323 g/mol. The summed E-state index contributed by atoms with van der Waals surface area (Å²) in [6, 6.07) is 10.4. The topological polar surface area (TPSA) is 9.23 Å². The third-order valence-corrected chi connectivity index (χ3v) is 5.67. The van der Waals surface area contributed by atoms with Crippen molar-refractivity contribution in [3.63, 3.8) is 0 Å². The highest BCUT2D eigenvalue weighted by Gasteiger charge is 2.40. The first-order valence-corrected chi connectivity index (χ1v) is 8.15. The molecule has 0 heterocycles. The number of alkyl halides is 1. The normalized spacial score (nSPS) is 26.8. The summed E-state index contributed by atoms with van der Waals surface area (Å²) in [5, 5.41) is 1.02. The Balaban J connectivity index is 1.76. The Labute approximate surface area is 125 Å². The van der Waals surface area contributed by atoms with Gasteiger partial charge in [-0.15, -0.1) is 0 Å². The molecule has 1 aliphatic carbocycles. The van der Waals surface area contributed by atoms with Crippen molar-refractivity contribution in [3.8, 4) is 0 Å². The summed E-state index contributed by atoms with van der Waals surface area (Å²) in [4.78, 5) is 0. The van der Waals surface area contributed by atoms with Crippen molar-refractivity contribution in [1.29, 1.82) is 0 Å². The highest BCUT2D eigenvalue weighted by atomic mass is 79.9. The molecular weight excluding hydrogens is 300 g/mol. The predicted molar refractivity (Wildman–Crippen MR) is 84.5 cm³/mol. The summed E-state index contributed by atoms with van der Waals surface area (Å²) in [5.74, 6) is 0.704. The third kappa shape index (κ3) is 3.49. The highest BCUT2D eigenvalue weighted by Crippen LogP contribution is 2.49. The molecule has 0 spiro atoms. The van der Waals surface area contributed by atoms with Crippen LogP contribution in [0.4, 0.5) is 0 Å². The van der Waals surface area contributed by atoms with Crippen molar-refractivity contribution in [3.05, 3.63) is 48.0 Å². The minimum Gasteiger partial charge on any atom is -0.377 e. The van der Waals surface area contributed by atoms with Gasteiger partial charge in [0.05, 0.1) is 6.61 Å². The molecule has 2 atom stereocenters. The van der Waals surface area contributed by atoms with Crippen LogP contribution in [0.2, 0.25) is 0 Å². The molecule has 19 heavy (non-hydrogen) atoms. The molecule has 0 bridgehead atoms. The van der Waals surface area contributed by atoms with Gasteiger partial charge in [-0.25, -0.2) is 0 Å². The van der Waals surface area contributed by atoms with Crippen LogP contribution in [0, 0.1) is 11.3 Å². The molecule has 1 aliphatic rings. The molecule has 0 N–H and O–H groups in total. The Kier molecular flexibility index (Phi) is 5.23. The summed E-state index contributed by atoms with van der Waals surface area (Å²) in [7, 11) is 0. The first-order valence-electron chi connectivity index (χ1n) is 7.02. The number of hydrogen-bond acceptors (Lipinski definition) is 1. The molecule has 1 saturated carbocycles. The number of ether oxygens (including phenoxy) is 1.